The maximum absolute atomic E-state index is 12.1. The summed E-state index contributed by atoms with van der Waals surface area (Å²) in [5, 5.41) is 2.17. The molecular weight excluding hydrogens is 324 g/mol. The van der Waals surface area contributed by atoms with E-state index in [1.807, 2.05) is 24.3 Å². The molecular formula is C22H20N2O2. The maximum atomic E-state index is 12.1. The van der Waals surface area contributed by atoms with E-state index in [0.717, 1.165) is 40.5 Å². The van der Waals surface area contributed by atoms with E-state index in [-0.39, 0.29) is 0 Å². The molecule has 0 saturated heterocycles. The van der Waals surface area contributed by atoms with Gasteiger partial charge in [-0.3, -0.25) is 0 Å². The van der Waals surface area contributed by atoms with Crippen LogP contribution in [0.5, 0.6) is 0 Å². The summed E-state index contributed by atoms with van der Waals surface area (Å²) >= 11 is 0. The van der Waals surface area contributed by atoms with E-state index in [0.29, 0.717) is 5.69 Å². The quantitative estimate of drug-likeness (QED) is 0.509. The fourth-order valence-corrected chi connectivity index (χ4v) is 3.54. The van der Waals surface area contributed by atoms with Crippen molar-refractivity contribution in [1.82, 2.24) is 9.55 Å². The number of nitrogens with zero attached hydrogens (tertiary/aromatic N) is 2. The Kier molecular flexibility index (Phi) is 4.17. The van der Waals surface area contributed by atoms with Crippen LogP contribution in [0.3, 0.4) is 0 Å². The number of carbonyl (C=O) groups excluding carboxylic acids is 1. The second kappa shape index (κ2) is 6.64. The first kappa shape index (κ1) is 16.3. The van der Waals surface area contributed by atoms with Gasteiger partial charge in [-0.05, 0) is 24.1 Å². The summed E-state index contributed by atoms with van der Waals surface area (Å²) in [4.78, 5) is 16.7. The minimum Gasteiger partial charge on any atom is -0.464 e. The van der Waals surface area contributed by atoms with E-state index in [4.69, 9.17) is 4.74 Å². The van der Waals surface area contributed by atoms with Crippen LogP contribution < -0.4 is 0 Å². The van der Waals surface area contributed by atoms with Gasteiger partial charge in [0.25, 0.3) is 0 Å². The summed E-state index contributed by atoms with van der Waals surface area (Å²) < 4.78 is 7.19. The van der Waals surface area contributed by atoms with Crippen molar-refractivity contribution >= 4 is 27.8 Å². The monoisotopic (exact) mass is 344 g/mol. The summed E-state index contributed by atoms with van der Waals surface area (Å²) in [6, 6.07) is 20.5. The summed E-state index contributed by atoms with van der Waals surface area (Å²) in [6.07, 6.45) is 0.743. The SMILES string of the molecule is CCc1nc(C(=O)OC)cc2c3ccccc3n(Cc3ccccc3)c12. The topological polar surface area (TPSA) is 44.1 Å². The standard InChI is InChI=1S/C22H20N2O2/c1-3-18-21-17(13-19(23-18)22(25)26-2)16-11-7-8-12-20(16)24(21)14-15-9-5-4-6-10-15/h4-13H,3,14H2,1-2H3. The number of rotatable bonds is 4. The van der Waals surface area contributed by atoms with Gasteiger partial charge in [0.2, 0.25) is 0 Å². The number of methoxy groups -OCH3 is 1. The largest absolute Gasteiger partial charge is 0.464 e. The van der Waals surface area contributed by atoms with Gasteiger partial charge in [-0.1, -0.05) is 55.5 Å². The number of aryl methyl sites for hydroxylation is 1. The molecule has 0 unspecified atom stereocenters. The highest BCUT2D eigenvalue weighted by Gasteiger charge is 2.18. The number of carbonyl (C=O) groups is 1. The zero-order valence-corrected chi connectivity index (χ0v) is 14.9. The third kappa shape index (κ3) is 2.64. The Bertz CT molecular complexity index is 1100. The number of hydrogen-bond acceptors (Lipinski definition) is 3. The van der Waals surface area contributed by atoms with E-state index in [1.165, 1.54) is 12.7 Å². The third-order valence-corrected chi connectivity index (χ3v) is 4.73. The first-order valence-electron chi connectivity index (χ1n) is 8.76. The molecule has 0 amide bonds. The second-order valence-corrected chi connectivity index (χ2v) is 6.28. The van der Waals surface area contributed by atoms with Crippen molar-refractivity contribution in [3.8, 4) is 0 Å². The highest BCUT2D eigenvalue weighted by molar-refractivity contribution is 6.10. The first-order valence-corrected chi connectivity index (χ1v) is 8.76. The Morgan fingerprint density at radius 3 is 2.50 bits per heavy atom. The van der Waals surface area contributed by atoms with Crippen molar-refractivity contribution in [1.29, 1.82) is 0 Å². The predicted octanol–water partition coefficient (Wildman–Crippen LogP) is 4.59. The molecule has 0 aliphatic heterocycles. The fourth-order valence-electron chi connectivity index (χ4n) is 3.54. The molecule has 4 rings (SSSR count). The highest BCUT2D eigenvalue weighted by Crippen LogP contribution is 2.32. The predicted molar refractivity (Wildman–Crippen MR) is 104 cm³/mol. The van der Waals surface area contributed by atoms with Crippen LogP contribution in [0, 0.1) is 0 Å². The smallest absolute Gasteiger partial charge is 0.356 e. The van der Waals surface area contributed by atoms with Crippen LogP contribution in [-0.4, -0.2) is 22.6 Å². The van der Waals surface area contributed by atoms with Gasteiger partial charge in [-0.15, -0.1) is 0 Å². The Morgan fingerprint density at radius 1 is 1.04 bits per heavy atom. The molecule has 4 heteroatoms. The molecule has 0 spiro atoms. The van der Waals surface area contributed by atoms with Crippen LogP contribution >= 0.6 is 0 Å². The zero-order chi connectivity index (χ0) is 18.1. The van der Waals surface area contributed by atoms with E-state index in [9.17, 15) is 4.79 Å². The Hall–Kier alpha value is -3.14. The van der Waals surface area contributed by atoms with E-state index in [1.54, 1.807) is 0 Å². The molecule has 2 heterocycles. The molecule has 26 heavy (non-hydrogen) atoms. The molecule has 0 N–H and O–H groups in total. The van der Waals surface area contributed by atoms with Gasteiger partial charge in [0.1, 0.15) is 5.69 Å². The molecule has 0 aliphatic rings. The van der Waals surface area contributed by atoms with Crippen molar-refractivity contribution in [3.05, 3.63) is 77.6 Å². The van der Waals surface area contributed by atoms with E-state index in [2.05, 4.69) is 52.9 Å². The number of benzene rings is 2. The molecule has 2 aromatic heterocycles. The summed E-state index contributed by atoms with van der Waals surface area (Å²) in [7, 11) is 1.39. The van der Waals surface area contributed by atoms with Crippen LogP contribution in [-0.2, 0) is 17.7 Å². The molecule has 0 radical (unpaired) electrons. The number of ether oxygens (including phenoxy) is 1. The van der Waals surface area contributed by atoms with Crippen molar-refractivity contribution in [2.24, 2.45) is 0 Å². The Morgan fingerprint density at radius 2 is 1.77 bits per heavy atom. The maximum Gasteiger partial charge on any atom is 0.356 e. The van der Waals surface area contributed by atoms with Crippen molar-refractivity contribution in [2.45, 2.75) is 19.9 Å². The van der Waals surface area contributed by atoms with Gasteiger partial charge in [0.05, 0.1) is 18.3 Å². The minimum atomic E-state index is -0.401. The summed E-state index contributed by atoms with van der Waals surface area (Å²) in [5.74, 6) is -0.401. The Labute approximate surface area is 152 Å². The van der Waals surface area contributed by atoms with E-state index < -0.39 is 5.97 Å². The van der Waals surface area contributed by atoms with Gasteiger partial charge in [-0.2, -0.15) is 0 Å². The lowest BCUT2D eigenvalue weighted by Crippen LogP contribution is -2.08. The number of fused-ring (bicyclic) bond motifs is 3. The van der Waals surface area contributed by atoms with E-state index >= 15 is 0 Å². The lowest BCUT2D eigenvalue weighted by Gasteiger charge is -2.11. The number of para-hydroxylation sites is 1. The zero-order valence-electron chi connectivity index (χ0n) is 14.9. The van der Waals surface area contributed by atoms with Crippen LogP contribution in [0.25, 0.3) is 21.8 Å². The summed E-state index contributed by atoms with van der Waals surface area (Å²) in [5.41, 5.74) is 4.74. The molecule has 4 aromatic rings. The number of pyridine rings is 1. The van der Waals surface area contributed by atoms with Crippen molar-refractivity contribution < 1.29 is 9.53 Å². The van der Waals surface area contributed by atoms with Gasteiger partial charge < -0.3 is 9.30 Å². The van der Waals surface area contributed by atoms with Gasteiger partial charge in [-0.25, -0.2) is 9.78 Å². The lowest BCUT2D eigenvalue weighted by atomic mass is 10.1. The molecule has 0 atom stereocenters. The molecule has 4 nitrogen and oxygen atoms in total. The normalized spacial score (nSPS) is 11.2. The van der Waals surface area contributed by atoms with Gasteiger partial charge in [0.15, 0.2) is 0 Å². The third-order valence-electron chi connectivity index (χ3n) is 4.73. The number of aromatic nitrogens is 2. The van der Waals surface area contributed by atoms with Crippen molar-refractivity contribution in [3.63, 3.8) is 0 Å². The second-order valence-electron chi connectivity index (χ2n) is 6.28. The lowest BCUT2D eigenvalue weighted by molar-refractivity contribution is 0.0594. The molecule has 2 aromatic carbocycles. The minimum absolute atomic E-state index is 0.361. The molecule has 0 aliphatic carbocycles. The average Bonchev–Trinajstić information content (AvgIpc) is 3.01. The fraction of sp³-hybridized carbons (Fsp3) is 0.182. The molecule has 0 fully saturated rings. The number of hydrogen-bond donors (Lipinski definition) is 0. The highest BCUT2D eigenvalue weighted by atomic mass is 16.5. The first-order chi connectivity index (χ1) is 12.7. The Balaban J connectivity index is 2.04. The van der Waals surface area contributed by atoms with Crippen LogP contribution in [0.1, 0.15) is 28.7 Å². The molecule has 0 bridgehead atoms. The summed E-state index contributed by atoms with van der Waals surface area (Å²) in [6.45, 7) is 2.82. The van der Waals surface area contributed by atoms with Crippen molar-refractivity contribution in [2.75, 3.05) is 7.11 Å². The average molecular weight is 344 g/mol. The molecule has 130 valence electrons. The van der Waals surface area contributed by atoms with Crippen LogP contribution in [0.2, 0.25) is 0 Å². The number of esters is 1. The molecule has 0 saturated carbocycles. The van der Waals surface area contributed by atoms with Crippen LogP contribution in [0.15, 0.2) is 60.7 Å². The van der Waals surface area contributed by atoms with Crippen LogP contribution in [0.4, 0.5) is 0 Å². The van der Waals surface area contributed by atoms with Gasteiger partial charge in [0, 0.05) is 22.8 Å². The van der Waals surface area contributed by atoms with Gasteiger partial charge >= 0.3 is 5.97 Å².